The van der Waals surface area contributed by atoms with Gasteiger partial charge in [-0.3, -0.25) is 24.6 Å². The molecular weight excluding hydrogens is 392 g/mol. The average Bonchev–Trinajstić information content (AvgIpc) is 2.98. The number of hydrogen-bond acceptors (Lipinski definition) is 6. The highest BCUT2D eigenvalue weighted by molar-refractivity contribution is 8.15. The highest BCUT2D eigenvalue weighted by Crippen LogP contribution is 2.34. The molecule has 2 aromatic rings. The van der Waals surface area contributed by atoms with Crippen molar-refractivity contribution in [2.45, 2.75) is 11.7 Å². The summed E-state index contributed by atoms with van der Waals surface area (Å²) in [6.07, 6.45) is 1.50. The Hall–Kier alpha value is -3.46. The van der Waals surface area contributed by atoms with Crippen LogP contribution in [0.2, 0.25) is 0 Å². The van der Waals surface area contributed by atoms with Crippen molar-refractivity contribution >= 4 is 45.8 Å². The molecule has 0 aliphatic carbocycles. The van der Waals surface area contributed by atoms with Crippen LogP contribution in [0.1, 0.15) is 6.42 Å². The average molecular weight is 410 g/mol. The van der Waals surface area contributed by atoms with Gasteiger partial charge in [-0.05, 0) is 18.2 Å². The van der Waals surface area contributed by atoms with Gasteiger partial charge in [-0.25, -0.2) is 4.99 Å². The summed E-state index contributed by atoms with van der Waals surface area (Å²) < 4.78 is 0. The summed E-state index contributed by atoms with van der Waals surface area (Å²) in [4.78, 5) is 41.5. The van der Waals surface area contributed by atoms with Gasteiger partial charge in [-0.15, -0.1) is 6.58 Å². The fourth-order valence-corrected chi connectivity index (χ4v) is 3.90. The molecule has 1 atom stereocenters. The molecule has 1 heterocycles. The zero-order chi connectivity index (χ0) is 20.8. The lowest BCUT2D eigenvalue weighted by Gasteiger charge is -2.13. The molecule has 148 valence electrons. The van der Waals surface area contributed by atoms with Crippen LogP contribution in [0, 0.1) is 10.1 Å². The van der Waals surface area contributed by atoms with Gasteiger partial charge in [-0.1, -0.05) is 48.2 Å². The maximum absolute atomic E-state index is 12.8. The van der Waals surface area contributed by atoms with Crippen LogP contribution in [0.3, 0.4) is 0 Å². The standard InChI is InChI=1S/C20H18N4O4S/c1-2-12-23-19(26)17(13-18(25)21-14-8-4-3-5-9-14)29-20(23)22-15-10-6-7-11-16(15)24(27)28/h2-11,17H,1,12-13H2,(H,21,25). The third kappa shape index (κ3) is 4.88. The monoisotopic (exact) mass is 410 g/mol. The number of carbonyl (C=O) groups excluding carboxylic acids is 2. The minimum atomic E-state index is -0.666. The molecule has 2 amide bonds. The minimum Gasteiger partial charge on any atom is -0.326 e. The van der Waals surface area contributed by atoms with Crippen molar-refractivity contribution < 1.29 is 14.5 Å². The van der Waals surface area contributed by atoms with Crippen LogP contribution < -0.4 is 5.32 Å². The summed E-state index contributed by atoms with van der Waals surface area (Å²) in [5.74, 6) is -0.581. The van der Waals surface area contributed by atoms with Gasteiger partial charge in [0.05, 0.1) is 4.92 Å². The number of anilines is 1. The zero-order valence-corrected chi connectivity index (χ0v) is 16.2. The second kappa shape index (κ2) is 9.16. The van der Waals surface area contributed by atoms with E-state index in [4.69, 9.17) is 0 Å². The summed E-state index contributed by atoms with van der Waals surface area (Å²) >= 11 is 1.12. The molecule has 1 unspecified atom stereocenters. The number of rotatable bonds is 7. The highest BCUT2D eigenvalue weighted by Gasteiger charge is 2.39. The number of nitro groups is 1. The van der Waals surface area contributed by atoms with E-state index in [9.17, 15) is 19.7 Å². The first-order chi connectivity index (χ1) is 14.0. The van der Waals surface area contributed by atoms with Crippen molar-refractivity contribution in [2.75, 3.05) is 11.9 Å². The lowest BCUT2D eigenvalue weighted by atomic mass is 10.2. The Kier molecular flexibility index (Phi) is 6.40. The Labute approximate surface area is 171 Å². The Morgan fingerprint density at radius 3 is 2.62 bits per heavy atom. The molecule has 2 aromatic carbocycles. The Morgan fingerprint density at radius 1 is 1.24 bits per heavy atom. The van der Waals surface area contributed by atoms with Gasteiger partial charge in [0, 0.05) is 24.7 Å². The van der Waals surface area contributed by atoms with Crippen LogP contribution in [0.15, 0.2) is 72.2 Å². The number of para-hydroxylation sites is 3. The van der Waals surface area contributed by atoms with Crippen LogP contribution >= 0.6 is 11.8 Å². The predicted octanol–water partition coefficient (Wildman–Crippen LogP) is 3.74. The Morgan fingerprint density at radius 2 is 1.93 bits per heavy atom. The van der Waals surface area contributed by atoms with E-state index in [1.165, 1.54) is 17.0 Å². The van der Waals surface area contributed by atoms with Gasteiger partial charge in [-0.2, -0.15) is 0 Å². The molecule has 9 heteroatoms. The molecule has 1 aliphatic heterocycles. The van der Waals surface area contributed by atoms with E-state index in [1.807, 2.05) is 6.07 Å². The van der Waals surface area contributed by atoms with Crippen molar-refractivity contribution in [3.8, 4) is 0 Å². The number of nitrogens with zero attached hydrogens (tertiary/aromatic N) is 3. The largest absolute Gasteiger partial charge is 0.326 e. The number of thioether (sulfide) groups is 1. The summed E-state index contributed by atoms with van der Waals surface area (Å²) in [5, 5.41) is 13.6. The molecule has 1 aliphatic rings. The third-order valence-corrected chi connectivity index (χ3v) is 5.23. The SMILES string of the molecule is C=CCN1C(=O)C(CC(=O)Nc2ccccc2)SC1=Nc1ccccc1[N+](=O)[O-]. The van der Waals surface area contributed by atoms with Gasteiger partial charge >= 0.3 is 0 Å². The third-order valence-electron chi connectivity index (χ3n) is 4.05. The number of nitro benzene ring substituents is 1. The first-order valence-corrected chi connectivity index (χ1v) is 9.63. The maximum atomic E-state index is 12.8. The topological polar surface area (TPSA) is 105 Å². The van der Waals surface area contributed by atoms with Gasteiger partial charge in [0.1, 0.15) is 10.9 Å². The number of benzene rings is 2. The molecule has 0 saturated carbocycles. The smallest absolute Gasteiger partial charge is 0.294 e. The molecule has 0 aromatic heterocycles. The first kappa shape index (κ1) is 20.3. The second-order valence-corrected chi connectivity index (χ2v) is 7.27. The summed E-state index contributed by atoms with van der Waals surface area (Å²) in [5.41, 5.74) is 0.637. The number of hydrogen-bond donors (Lipinski definition) is 1. The molecule has 0 bridgehead atoms. The van der Waals surface area contributed by atoms with Crippen LogP contribution in [-0.4, -0.2) is 38.6 Å². The first-order valence-electron chi connectivity index (χ1n) is 8.75. The number of amidine groups is 1. The van der Waals surface area contributed by atoms with E-state index in [0.29, 0.717) is 10.9 Å². The van der Waals surface area contributed by atoms with Crippen LogP contribution in [0.25, 0.3) is 0 Å². The minimum absolute atomic E-state index is 0.0397. The van der Waals surface area contributed by atoms with Crippen LogP contribution in [0.4, 0.5) is 17.1 Å². The van der Waals surface area contributed by atoms with Crippen molar-refractivity contribution in [3.05, 3.63) is 77.4 Å². The fraction of sp³-hybridized carbons (Fsp3) is 0.150. The van der Waals surface area contributed by atoms with E-state index in [2.05, 4.69) is 16.9 Å². The van der Waals surface area contributed by atoms with Crippen LogP contribution in [0.5, 0.6) is 0 Å². The molecule has 0 spiro atoms. The highest BCUT2D eigenvalue weighted by atomic mass is 32.2. The van der Waals surface area contributed by atoms with Crippen molar-refractivity contribution in [3.63, 3.8) is 0 Å². The quantitative estimate of drug-likeness (QED) is 0.425. The molecule has 1 fully saturated rings. The molecule has 3 rings (SSSR count). The van der Waals surface area contributed by atoms with Gasteiger partial charge in [0.15, 0.2) is 5.17 Å². The molecule has 8 nitrogen and oxygen atoms in total. The second-order valence-electron chi connectivity index (χ2n) is 6.10. The van der Waals surface area contributed by atoms with Crippen LogP contribution in [-0.2, 0) is 9.59 Å². The van der Waals surface area contributed by atoms with Crippen molar-refractivity contribution in [1.29, 1.82) is 0 Å². The number of aliphatic imine (C=N–C) groups is 1. The number of amides is 2. The van der Waals surface area contributed by atoms with E-state index >= 15 is 0 Å². The van der Waals surface area contributed by atoms with Gasteiger partial charge in [0.25, 0.3) is 5.69 Å². The Bertz CT molecular complexity index is 977. The normalized spacial score (nSPS) is 17.4. The number of carbonyl (C=O) groups is 2. The van der Waals surface area contributed by atoms with Crippen molar-refractivity contribution in [2.24, 2.45) is 4.99 Å². The summed E-state index contributed by atoms with van der Waals surface area (Å²) in [6.45, 7) is 3.84. The van der Waals surface area contributed by atoms with Crippen molar-refractivity contribution in [1.82, 2.24) is 4.90 Å². The van der Waals surface area contributed by atoms with E-state index < -0.39 is 10.2 Å². The van der Waals surface area contributed by atoms with E-state index in [1.54, 1.807) is 42.5 Å². The van der Waals surface area contributed by atoms with Gasteiger partial charge < -0.3 is 5.32 Å². The zero-order valence-electron chi connectivity index (χ0n) is 15.4. The maximum Gasteiger partial charge on any atom is 0.294 e. The Balaban J connectivity index is 1.80. The van der Waals surface area contributed by atoms with Gasteiger partial charge in [0.2, 0.25) is 11.8 Å². The number of nitrogens with one attached hydrogen (secondary N) is 1. The molecule has 29 heavy (non-hydrogen) atoms. The summed E-state index contributed by atoms with van der Waals surface area (Å²) in [6, 6.07) is 15.0. The molecule has 0 radical (unpaired) electrons. The molecule has 1 saturated heterocycles. The summed E-state index contributed by atoms with van der Waals surface area (Å²) in [7, 11) is 0. The van der Waals surface area contributed by atoms with E-state index in [0.717, 1.165) is 11.8 Å². The molecule has 1 N–H and O–H groups in total. The predicted molar refractivity (Wildman–Crippen MR) is 113 cm³/mol. The van der Waals surface area contributed by atoms with E-state index in [-0.39, 0.29) is 36.2 Å². The lowest BCUT2D eigenvalue weighted by molar-refractivity contribution is -0.384. The fourth-order valence-electron chi connectivity index (χ4n) is 2.74. The molecular formula is C20H18N4O4S. The lowest BCUT2D eigenvalue weighted by Crippen LogP contribution is -2.33.